The van der Waals surface area contributed by atoms with Crippen molar-refractivity contribution in [1.29, 1.82) is 0 Å². The van der Waals surface area contributed by atoms with Crippen molar-refractivity contribution < 1.29 is 8.42 Å². The SMILES string of the molecule is CN1CCC(N(C)S(=O)(=O)CCCN)CC1. The predicted octanol–water partition coefficient (Wildman–Crippen LogP) is -0.309. The molecule has 0 bridgehead atoms. The van der Waals surface area contributed by atoms with E-state index < -0.39 is 10.0 Å². The van der Waals surface area contributed by atoms with Crippen LogP contribution in [0.3, 0.4) is 0 Å². The molecule has 1 fully saturated rings. The van der Waals surface area contributed by atoms with Crippen LogP contribution < -0.4 is 5.73 Å². The summed E-state index contributed by atoms with van der Waals surface area (Å²) in [4.78, 5) is 2.23. The molecule has 2 N–H and O–H groups in total. The number of piperidine rings is 1. The molecule has 0 aromatic carbocycles. The first-order valence-corrected chi connectivity index (χ1v) is 7.42. The van der Waals surface area contributed by atoms with Crippen LogP contribution in [-0.4, -0.2) is 63.1 Å². The van der Waals surface area contributed by atoms with E-state index in [4.69, 9.17) is 5.73 Å². The van der Waals surface area contributed by atoms with Crippen molar-refractivity contribution in [2.24, 2.45) is 5.73 Å². The largest absolute Gasteiger partial charge is 0.330 e. The molecule has 0 unspecified atom stereocenters. The van der Waals surface area contributed by atoms with Crippen molar-refractivity contribution >= 4 is 10.0 Å². The topological polar surface area (TPSA) is 66.6 Å². The van der Waals surface area contributed by atoms with Crippen molar-refractivity contribution in [3.63, 3.8) is 0 Å². The van der Waals surface area contributed by atoms with Gasteiger partial charge in [-0.1, -0.05) is 0 Å². The molecule has 16 heavy (non-hydrogen) atoms. The fourth-order valence-corrected chi connectivity index (χ4v) is 3.48. The molecule has 0 spiro atoms. The fraction of sp³-hybridized carbons (Fsp3) is 1.00. The Bertz CT molecular complexity index is 297. The Morgan fingerprint density at radius 2 is 1.94 bits per heavy atom. The number of likely N-dealkylation sites (tertiary alicyclic amines) is 1. The number of hydrogen-bond donors (Lipinski definition) is 1. The van der Waals surface area contributed by atoms with Crippen molar-refractivity contribution in [2.45, 2.75) is 25.3 Å². The van der Waals surface area contributed by atoms with Gasteiger partial charge in [-0.2, -0.15) is 0 Å². The number of nitrogens with two attached hydrogens (primary N) is 1. The minimum absolute atomic E-state index is 0.166. The summed E-state index contributed by atoms with van der Waals surface area (Å²) in [6.07, 6.45) is 2.39. The summed E-state index contributed by atoms with van der Waals surface area (Å²) in [5, 5.41) is 0. The molecule has 0 aromatic rings. The quantitative estimate of drug-likeness (QED) is 0.726. The van der Waals surface area contributed by atoms with Crippen molar-refractivity contribution in [1.82, 2.24) is 9.21 Å². The summed E-state index contributed by atoms with van der Waals surface area (Å²) in [5.41, 5.74) is 5.34. The molecule has 0 aliphatic carbocycles. The lowest BCUT2D eigenvalue weighted by Crippen LogP contribution is -2.45. The van der Waals surface area contributed by atoms with E-state index in [-0.39, 0.29) is 11.8 Å². The molecule has 0 saturated carbocycles. The van der Waals surface area contributed by atoms with Crippen LogP contribution in [-0.2, 0) is 10.0 Å². The van der Waals surface area contributed by atoms with Gasteiger partial charge >= 0.3 is 0 Å². The molecular formula is C10H23N3O2S. The van der Waals surface area contributed by atoms with Crippen LogP contribution in [0.15, 0.2) is 0 Å². The number of rotatable bonds is 5. The fourth-order valence-electron chi connectivity index (χ4n) is 2.00. The summed E-state index contributed by atoms with van der Waals surface area (Å²) in [5.74, 6) is 0.173. The second-order valence-electron chi connectivity index (χ2n) is 4.51. The molecule has 1 heterocycles. The van der Waals surface area contributed by atoms with Crippen LogP contribution >= 0.6 is 0 Å². The molecular weight excluding hydrogens is 226 g/mol. The first-order chi connectivity index (χ1) is 7.47. The van der Waals surface area contributed by atoms with Crippen LogP contribution in [0.1, 0.15) is 19.3 Å². The lowest BCUT2D eigenvalue weighted by Gasteiger charge is -2.34. The average Bonchev–Trinajstić information content (AvgIpc) is 2.26. The Morgan fingerprint density at radius 1 is 1.38 bits per heavy atom. The van der Waals surface area contributed by atoms with E-state index >= 15 is 0 Å². The Balaban J connectivity index is 2.52. The van der Waals surface area contributed by atoms with E-state index in [0.29, 0.717) is 13.0 Å². The highest BCUT2D eigenvalue weighted by molar-refractivity contribution is 7.89. The Hall–Kier alpha value is -0.170. The third-order valence-electron chi connectivity index (χ3n) is 3.25. The minimum atomic E-state index is -3.10. The highest BCUT2D eigenvalue weighted by Crippen LogP contribution is 2.17. The maximum Gasteiger partial charge on any atom is 0.214 e. The van der Waals surface area contributed by atoms with Gasteiger partial charge in [0.25, 0.3) is 0 Å². The van der Waals surface area contributed by atoms with Gasteiger partial charge in [0.1, 0.15) is 0 Å². The second-order valence-corrected chi connectivity index (χ2v) is 6.66. The molecule has 96 valence electrons. The van der Waals surface area contributed by atoms with Gasteiger partial charge in [-0.3, -0.25) is 0 Å². The third kappa shape index (κ3) is 3.69. The maximum absolute atomic E-state index is 11.9. The predicted molar refractivity (Wildman–Crippen MR) is 65.7 cm³/mol. The van der Waals surface area contributed by atoms with Gasteiger partial charge < -0.3 is 10.6 Å². The van der Waals surface area contributed by atoms with Gasteiger partial charge in [0.2, 0.25) is 10.0 Å². The Labute approximate surface area is 98.6 Å². The Morgan fingerprint density at radius 3 is 2.44 bits per heavy atom. The molecule has 0 radical (unpaired) electrons. The van der Waals surface area contributed by atoms with Crippen LogP contribution in [0.2, 0.25) is 0 Å². The van der Waals surface area contributed by atoms with E-state index in [1.807, 2.05) is 0 Å². The number of sulfonamides is 1. The summed E-state index contributed by atoms with van der Waals surface area (Å²) in [7, 11) is 0.660. The van der Waals surface area contributed by atoms with Gasteiger partial charge in [0.15, 0.2) is 0 Å². The minimum Gasteiger partial charge on any atom is -0.330 e. The normalized spacial score (nSPS) is 20.5. The van der Waals surface area contributed by atoms with Gasteiger partial charge in [-0.25, -0.2) is 12.7 Å². The first kappa shape index (κ1) is 13.9. The zero-order valence-electron chi connectivity index (χ0n) is 10.2. The summed E-state index contributed by atoms with van der Waals surface area (Å²) in [6.45, 7) is 2.38. The summed E-state index contributed by atoms with van der Waals surface area (Å²) < 4.78 is 25.4. The molecule has 0 amide bonds. The van der Waals surface area contributed by atoms with Gasteiger partial charge in [-0.05, 0) is 45.9 Å². The smallest absolute Gasteiger partial charge is 0.214 e. The van der Waals surface area contributed by atoms with E-state index in [9.17, 15) is 8.42 Å². The van der Waals surface area contributed by atoms with Crippen molar-refractivity contribution in [3.8, 4) is 0 Å². The van der Waals surface area contributed by atoms with Crippen molar-refractivity contribution in [3.05, 3.63) is 0 Å². The molecule has 1 saturated heterocycles. The first-order valence-electron chi connectivity index (χ1n) is 5.81. The highest BCUT2D eigenvalue weighted by Gasteiger charge is 2.28. The van der Waals surface area contributed by atoms with Crippen LogP contribution in [0.4, 0.5) is 0 Å². The molecule has 1 aliphatic heterocycles. The second kappa shape index (κ2) is 5.95. The Kier molecular flexibility index (Phi) is 5.17. The van der Waals surface area contributed by atoms with E-state index in [2.05, 4.69) is 11.9 Å². The number of hydrogen-bond acceptors (Lipinski definition) is 4. The summed E-state index contributed by atoms with van der Waals surface area (Å²) in [6, 6.07) is 0.166. The molecule has 0 atom stereocenters. The lowest BCUT2D eigenvalue weighted by molar-refractivity contribution is 0.197. The number of nitrogens with zero attached hydrogens (tertiary/aromatic N) is 2. The van der Waals surface area contributed by atoms with E-state index in [1.54, 1.807) is 11.4 Å². The maximum atomic E-state index is 11.9. The lowest BCUT2D eigenvalue weighted by atomic mass is 10.1. The van der Waals surface area contributed by atoms with Gasteiger partial charge in [-0.15, -0.1) is 0 Å². The monoisotopic (exact) mass is 249 g/mol. The molecule has 6 heteroatoms. The molecule has 1 rings (SSSR count). The van der Waals surface area contributed by atoms with Gasteiger partial charge in [0, 0.05) is 13.1 Å². The highest BCUT2D eigenvalue weighted by atomic mass is 32.2. The van der Waals surface area contributed by atoms with Crippen molar-refractivity contribution in [2.75, 3.05) is 39.5 Å². The zero-order chi connectivity index (χ0) is 12.2. The zero-order valence-corrected chi connectivity index (χ0v) is 11.0. The van der Waals surface area contributed by atoms with E-state index in [1.165, 1.54) is 0 Å². The summed E-state index contributed by atoms with van der Waals surface area (Å²) >= 11 is 0. The van der Waals surface area contributed by atoms with E-state index in [0.717, 1.165) is 25.9 Å². The van der Waals surface area contributed by atoms with Crippen LogP contribution in [0.25, 0.3) is 0 Å². The standard InChI is InChI=1S/C10H23N3O2S/c1-12-7-4-10(5-8-12)13(2)16(14,15)9-3-6-11/h10H,3-9,11H2,1-2H3. The molecule has 0 aromatic heterocycles. The van der Waals surface area contributed by atoms with Gasteiger partial charge in [0.05, 0.1) is 5.75 Å². The molecule has 5 nitrogen and oxygen atoms in total. The van der Waals surface area contributed by atoms with Crippen LogP contribution in [0, 0.1) is 0 Å². The molecule has 1 aliphatic rings. The third-order valence-corrected chi connectivity index (χ3v) is 5.23. The average molecular weight is 249 g/mol. The van der Waals surface area contributed by atoms with Crippen LogP contribution in [0.5, 0.6) is 0 Å².